The van der Waals surface area contributed by atoms with Crippen molar-refractivity contribution in [1.29, 1.82) is 0 Å². The Balaban J connectivity index is 2.16. The van der Waals surface area contributed by atoms with E-state index in [4.69, 9.17) is 11.6 Å². The van der Waals surface area contributed by atoms with Gasteiger partial charge < -0.3 is 5.32 Å². The van der Waals surface area contributed by atoms with E-state index in [2.05, 4.69) is 19.2 Å². The standard InChI is InChI=1S/C17H19ClFNS/c1-3-20-12(2)15-5-4-6-16(19)17(15)21-11-13-7-9-14(18)10-8-13/h4-10,12,20H,3,11H2,1-2H3. The highest BCUT2D eigenvalue weighted by atomic mass is 35.5. The second-order valence-electron chi connectivity index (χ2n) is 4.85. The Hall–Kier alpha value is -1.03. The van der Waals surface area contributed by atoms with Gasteiger partial charge in [-0.3, -0.25) is 0 Å². The largest absolute Gasteiger partial charge is 0.310 e. The molecule has 0 aliphatic heterocycles. The van der Waals surface area contributed by atoms with Crippen molar-refractivity contribution in [2.24, 2.45) is 0 Å². The summed E-state index contributed by atoms with van der Waals surface area (Å²) in [6.45, 7) is 4.97. The van der Waals surface area contributed by atoms with Crippen LogP contribution in [0.25, 0.3) is 0 Å². The van der Waals surface area contributed by atoms with Crippen molar-refractivity contribution in [3.8, 4) is 0 Å². The molecule has 4 heteroatoms. The summed E-state index contributed by atoms with van der Waals surface area (Å²) in [5, 5.41) is 4.06. The average Bonchev–Trinajstić information content (AvgIpc) is 2.47. The van der Waals surface area contributed by atoms with E-state index in [-0.39, 0.29) is 11.9 Å². The van der Waals surface area contributed by atoms with E-state index in [1.54, 1.807) is 6.07 Å². The molecule has 1 unspecified atom stereocenters. The molecule has 0 bridgehead atoms. The second-order valence-corrected chi connectivity index (χ2v) is 6.27. The van der Waals surface area contributed by atoms with Crippen LogP contribution in [0.5, 0.6) is 0 Å². The molecule has 0 spiro atoms. The van der Waals surface area contributed by atoms with Crippen molar-refractivity contribution in [3.63, 3.8) is 0 Å². The highest BCUT2D eigenvalue weighted by Gasteiger charge is 2.14. The fraction of sp³-hybridized carbons (Fsp3) is 0.294. The molecule has 0 amide bonds. The van der Waals surface area contributed by atoms with Crippen molar-refractivity contribution in [2.45, 2.75) is 30.5 Å². The Bertz CT molecular complexity index is 586. The molecule has 1 N–H and O–H groups in total. The molecule has 1 atom stereocenters. The zero-order valence-electron chi connectivity index (χ0n) is 12.2. The second kappa shape index (κ2) is 7.83. The van der Waals surface area contributed by atoms with Gasteiger partial charge in [-0.2, -0.15) is 0 Å². The van der Waals surface area contributed by atoms with Crippen molar-refractivity contribution < 1.29 is 4.39 Å². The monoisotopic (exact) mass is 323 g/mol. The number of benzene rings is 2. The van der Waals surface area contributed by atoms with Gasteiger partial charge in [0.1, 0.15) is 5.82 Å². The Morgan fingerprint density at radius 1 is 1.19 bits per heavy atom. The van der Waals surface area contributed by atoms with E-state index in [0.29, 0.717) is 0 Å². The van der Waals surface area contributed by atoms with Crippen LogP contribution < -0.4 is 5.32 Å². The predicted octanol–water partition coefficient (Wildman–Crippen LogP) is 5.44. The van der Waals surface area contributed by atoms with E-state index in [9.17, 15) is 4.39 Å². The Labute approximate surface area is 134 Å². The molecule has 0 heterocycles. The van der Waals surface area contributed by atoms with Crippen LogP contribution in [0.3, 0.4) is 0 Å². The number of hydrogen-bond acceptors (Lipinski definition) is 2. The van der Waals surface area contributed by atoms with E-state index in [0.717, 1.165) is 33.3 Å². The van der Waals surface area contributed by atoms with Gasteiger partial charge >= 0.3 is 0 Å². The zero-order valence-corrected chi connectivity index (χ0v) is 13.8. The molecular formula is C17H19ClFNS. The Kier molecular flexibility index (Phi) is 6.09. The summed E-state index contributed by atoms with van der Waals surface area (Å²) in [5.74, 6) is 0.570. The summed E-state index contributed by atoms with van der Waals surface area (Å²) in [4.78, 5) is 0.723. The topological polar surface area (TPSA) is 12.0 Å². The third-order valence-corrected chi connectivity index (χ3v) is 4.72. The molecule has 1 nitrogen and oxygen atoms in total. The summed E-state index contributed by atoms with van der Waals surface area (Å²) in [6, 6.07) is 13.1. The lowest BCUT2D eigenvalue weighted by molar-refractivity contribution is 0.558. The molecule has 0 saturated heterocycles. The lowest BCUT2D eigenvalue weighted by atomic mass is 10.1. The number of halogens is 2. The van der Waals surface area contributed by atoms with Gasteiger partial charge in [0.2, 0.25) is 0 Å². The summed E-state index contributed by atoms with van der Waals surface area (Å²) < 4.78 is 14.1. The molecule has 0 saturated carbocycles. The van der Waals surface area contributed by atoms with Gasteiger partial charge in [0.15, 0.2) is 0 Å². The molecule has 112 valence electrons. The third kappa shape index (κ3) is 4.47. The predicted molar refractivity (Wildman–Crippen MR) is 89.5 cm³/mol. The van der Waals surface area contributed by atoms with E-state index >= 15 is 0 Å². The van der Waals surface area contributed by atoms with E-state index < -0.39 is 0 Å². The fourth-order valence-electron chi connectivity index (χ4n) is 2.17. The smallest absolute Gasteiger partial charge is 0.137 e. The van der Waals surface area contributed by atoms with Crippen LogP contribution in [0.4, 0.5) is 4.39 Å². The van der Waals surface area contributed by atoms with E-state index in [1.807, 2.05) is 30.3 Å². The lowest BCUT2D eigenvalue weighted by Gasteiger charge is -2.17. The van der Waals surface area contributed by atoms with Crippen LogP contribution in [-0.4, -0.2) is 6.54 Å². The summed E-state index contributed by atoms with van der Waals surface area (Å²) >= 11 is 7.41. The molecular weight excluding hydrogens is 305 g/mol. The Morgan fingerprint density at radius 2 is 1.90 bits per heavy atom. The Morgan fingerprint density at radius 3 is 2.57 bits per heavy atom. The summed E-state index contributed by atoms with van der Waals surface area (Å²) in [6.07, 6.45) is 0. The van der Waals surface area contributed by atoms with Crippen LogP contribution in [0.1, 0.15) is 31.0 Å². The number of nitrogens with one attached hydrogen (secondary N) is 1. The van der Waals surface area contributed by atoms with Gasteiger partial charge in [0, 0.05) is 21.7 Å². The number of thioether (sulfide) groups is 1. The fourth-order valence-corrected chi connectivity index (χ4v) is 3.42. The average molecular weight is 324 g/mol. The van der Waals surface area contributed by atoms with Crippen LogP contribution in [0.15, 0.2) is 47.4 Å². The number of rotatable bonds is 6. The highest BCUT2D eigenvalue weighted by molar-refractivity contribution is 7.98. The minimum absolute atomic E-state index is 0.137. The van der Waals surface area contributed by atoms with Gasteiger partial charge in [-0.15, -0.1) is 11.8 Å². The van der Waals surface area contributed by atoms with Crippen molar-refractivity contribution in [3.05, 3.63) is 64.4 Å². The summed E-state index contributed by atoms with van der Waals surface area (Å²) in [7, 11) is 0. The molecule has 2 aromatic carbocycles. The maximum atomic E-state index is 14.1. The lowest BCUT2D eigenvalue weighted by Crippen LogP contribution is -2.18. The van der Waals surface area contributed by atoms with Gasteiger partial charge in [0.05, 0.1) is 0 Å². The highest BCUT2D eigenvalue weighted by Crippen LogP contribution is 2.32. The van der Waals surface area contributed by atoms with Crippen LogP contribution in [0, 0.1) is 5.82 Å². The minimum Gasteiger partial charge on any atom is -0.310 e. The first kappa shape index (κ1) is 16.3. The van der Waals surface area contributed by atoms with Crippen LogP contribution in [0.2, 0.25) is 5.02 Å². The first-order chi connectivity index (χ1) is 10.1. The van der Waals surface area contributed by atoms with Crippen LogP contribution in [-0.2, 0) is 5.75 Å². The molecule has 2 aromatic rings. The van der Waals surface area contributed by atoms with Crippen LogP contribution >= 0.6 is 23.4 Å². The van der Waals surface area contributed by atoms with Crippen molar-refractivity contribution in [2.75, 3.05) is 6.54 Å². The SMILES string of the molecule is CCNC(C)c1cccc(F)c1SCc1ccc(Cl)cc1. The maximum absolute atomic E-state index is 14.1. The third-order valence-electron chi connectivity index (χ3n) is 3.27. The van der Waals surface area contributed by atoms with Gasteiger partial charge in [-0.1, -0.05) is 42.8 Å². The summed E-state index contributed by atoms with van der Waals surface area (Å²) in [5.41, 5.74) is 2.14. The quantitative estimate of drug-likeness (QED) is 0.710. The zero-order chi connectivity index (χ0) is 15.2. The van der Waals surface area contributed by atoms with Gasteiger partial charge in [-0.05, 0) is 42.8 Å². The van der Waals surface area contributed by atoms with Crippen molar-refractivity contribution >= 4 is 23.4 Å². The molecule has 0 aliphatic carbocycles. The first-order valence-electron chi connectivity index (χ1n) is 7.01. The van der Waals surface area contributed by atoms with Gasteiger partial charge in [0.25, 0.3) is 0 Å². The minimum atomic E-state index is -0.156. The van der Waals surface area contributed by atoms with Crippen molar-refractivity contribution in [1.82, 2.24) is 5.32 Å². The molecule has 0 radical (unpaired) electrons. The normalized spacial score (nSPS) is 12.4. The van der Waals surface area contributed by atoms with E-state index in [1.165, 1.54) is 17.8 Å². The molecule has 0 fully saturated rings. The number of hydrogen-bond donors (Lipinski definition) is 1. The molecule has 0 aromatic heterocycles. The first-order valence-corrected chi connectivity index (χ1v) is 8.37. The molecule has 21 heavy (non-hydrogen) atoms. The van der Waals surface area contributed by atoms with Gasteiger partial charge in [-0.25, -0.2) is 4.39 Å². The molecule has 0 aliphatic rings. The maximum Gasteiger partial charge on any atom is 0.137 e. The molecule has 2 rings (SSSR count).